The number of H-pyrrole nitrogens is 1. The van der Waals surface area contributed by atoms with Crippen molar-refractivity contribution in [1.29, 1.82) is 0 Å². The van der Waals surface area contributed by atoms with E-state index in [1.807, 2.05) is 24.3 Å². The van der Waals surface area contributed by atoms with Crippen LogP contribution in [0, 0.1) is 0 Å². The van der Waals surface area contributed by atoms with Gasteiger partial charge in [0.2, 0.25) is 0 Å². The van der Waals surface area contributed by atoms with Gasteiger partial charge < -0.3 is 10.3 Å². The Balaban J connectivity index is 2.21. The summed E-state index contributed by atoms with van der Waals surface area (Å²) in [5.74, 6) is 0.0758. The van der Waals surface area contributed by atoms with E-state index in [9.17, 15) is 9.59 Å². The minimum absolute atomic E-state index is 0.249. The molecule has 0 aliphatic heterocycles. The number of carbonyl (C=O) groups excluding carboxylic acids is 2. The standard InChI is InChI=1S/C15H16N2O2/c1-10(2)12-5-3-4-6-13(12)17-15(19)14-8-7-11(9-18)16-14/h3-10,16H,1-2H3,(H,17,19). The topological polar surface area (TPSA) is 62.0 Å². The summed E-state index contributed by atoms with van der Waals surface area (Å²) in [6.45, 7) is 4.15. The number of anilines is 1. The number of rotatable bonds is 4. The SMILES string of the molecule is CC(C)c1ccccc1NC(=O)c1ccc(C=O)[nH]1. The van der Waals surface area contributed by atoms with Crippen LogP contribution < -0.4 is 5.32 Å². The van der Waals surface area contributed by atoms with Crippen LogP contribution in [0.4, 0.5) is 5.69 Å². The maximum Gasteiger partial charge on any atom is 0.272 e. The average molecular weight is 256 g/mol. The predicted octanol–water partition coefficient (Wildman–Crippen LogP) is 3.20. The van der Waals surface area contributed by atoms with Crippen LogP contribution in [-0.4, -0.2) is 17.2 Å². The lowest BCUT2D eigenvalue weighted by Gasteiger charge is -2.13. The lowest BCUT2D eigenvalue weighted by Crippen LogP contribution is -2.14. The molecule has 0 atom stereocenters. The monoisotopic (exact) mass is 256 g/mol. The zero-order valence-corrected chi connectivity index (χ0v) is 10.9. The van der Waals surface area contributed by atoms with Gasteiger partial charge in [0.25, 0.3) is 5.91 Å². The molecule has 0 aliphatic carbocycles. The number of para-hydroxylation sites is 1. The molecule has 1 amide bonds. The second-order valence-corrected chi connectivity index (χ2v) is 4.64. The highest BCUT2D eigenvalue weighted by Gasteiger charge is 2.12. The number of aromatic nitrogens is 1. The highest BCUT2D eigenvalue weighted by Crippen LogP contribution is 2.24. The molecule has 0 fully saturated rings. The lowest BCUT2D eigenvalue weighted by atomic mass is 10.0. The van der Waals surface area contributed by atoms with E-state index in [1.165, 1.54) is 0 Å². The molecule has 0 radical (unpaired) electrons. The van der Waals surface area contributed by atoms with Crippen molar-refractivity contribution in [3.05, 3.63) is 53.3 Å². The van der Waals surface area contributed by atoms with Gasteiger partial charge in [0, 0.05) is 5.69 Å². The number of nitrogens with one attached hydrogen (secondary N) is 2. The molecule has 1 aromatic carbocycles. The molecule has 0 saturated heterocycles. The first-order valence-electron chi connectivity index (χ1n) is 6.16. The van der Waals surface area contributed by atoms with E-state index < -0.39 is 0 Å². The van der Waals surface area contributed by atoms with Crippen molar-refractivity contribution < 1.29 is 9.59 Å². The number of aromatic amines is 1. The normalized spacial score (nSPS) is 10.5. The largest absolute Gasteiger partial charge is 0.348 e. The molecule has 98 valence electrons. The van der Waals surface area contributed by atoms with Crippen molar-refractivity contribution in [2.45, 2.75) is 19.8 Å². The first kappa shape index (κ1) is 13.1. The molecule has 1 heterocycles. The van der Waals surface area contributed by atoms with Crippen molar-refractivity contribution >= 4 is 17.9 Å². The van der Waals surface area contributed by atoms with Crippen LogP contribution in [0.25, 0.3) is 0 Å². The molecule has 2 N–H and O–H groups in total. The molecule has 4 heteroatoms. The Labute approximate surface area is 111 Å². The van der Waals surface area contributed by atoms with Gasteiger partial charge in [0.05, 0.1) is 5.69 Å². The Hall–Kier alpha value is -2.36. The summed E-state index contributed by atoms with van der Waals surface area (Å²) in [7, 11) is 0. The smallest absolute Gasteiger partial charge is 0.272 e. The van der Waals surface area contributed by atoms with Gasteiger partial charge in [-0.25, -0.2) is 0 Å². The Morgan fingerprint density at radius 2 is 1.95 bits per heavy atom. The number of hydrogen-bond acceptors (Lipinski definition) is 2. The summed E-state index contributed by atoms with van der Waals surface area (Å²) >= 11 is 0. The van der Waals surface area contributed by atoms with Crippen molar-refractivity contribution in [2.24, 2.45) is 0 Å². The summed E-state index contributed by atoms with van der Waals surface area (Å²) < 4.78 is 0. The maximum absolute atomic E-state index is 12.1. The van der Waals surface area contributed by atoms with Crippen molar-refractivity contribution in [1.82, 2.24) is 4.98 Å². The van der Waals surface area contributed by atoms with Gasteiger partial charge in [0.15, 0.2) is 6.29 Å². The van der Waals surface area contributed by atoms with E-state index in [0.717, 1.165) is 11.3 Å². The van der Waals surface area contributed by atoms with E-state index in [1.54, 1.807) is 12.1 Å². The first-order valence-corrected chi connectivity index (χ1v) is 6.16. The Morgan fingerprint density at radius 1 is 1.21 bits per heavy atom. The van der Waals surface area contributed by atoms with Gasteiger partial charge >= 0.3 is 0 Å². The molecule has 4 nitrogen and oxygen atoms in total. The quantitative estimate of drug-likeness (QED) is 0.825. The van der Waals surface area contributed by atoms with Crippen LogP contribution in [-0.2, 0) is 0 Å². The fourth-order valence-electron chi connectivity index (χ4n) is 1.92. The fourth-order valence-corrected chi connectivity index (χ4v) is 1.92. The van der Waals surface area contributed by atoms with Gasteiger partial charge in [-0.1, -0.05) is 32.0 Å². The zero-order chi connectivity index (χ0) is 13.8. The van der Waals surface area contributed by atoms with Crippen LogP contribution in [0.15, 0.2) is 36.4 Å². The number of benzene rings is 1. The number of hydrogen-bond donors (Lipinski definition) is 2. The Bertz CT molecular complexity index is 600. The average Bonchev–Trinajstić information content (AvgIpc) is 2.88. The predicted molar refractivity (Wildman–Crippen MR) is 74.7 cm³/mol. The first-order chi connectivity index (χ1) is 9.11. The van der Waals surface area contributed by atoms with Gasteiger partial charge in [-0.3, -0.25) is 9.59 Å². The molecule has 1 aromatic heterocycles. The summed E-state index contributed by atoms with van der Waals surface area (Å²) in [5, 5.41) is 2.86. The molecular formula is C15H16N2O2. The second-order valence-electron chi connectivity index (χ2n) is 4.64. The molecule has 2 aromatic rings. The third-order valence-corrected chi connectivity index (χ3v) is 2.91. The van der Waals surface area contributed by atoms with Gasteiger partial charge in [-0.15, -0.1) is 0 Å². The van der Waals surface area contributed by atoms with Crippen LogP contribution in [0.5, 0.6) is 0 Å². The van der Waals surface area contributed by atoms with E-state index >= 15 is 0 Å². The van der Waals surface area contributed by atoms with Gasteiger partial charge in [-0.2, -0.15) is 0 Å². The van der Waals surface area contributed by atoms with Crippen molar-refractivity contribution in [2.75, 3.05) is 5.32 Å². The highest BCUT2D eigenvalue weighted by atomic mass is 16.2. The molecule has 19 heavy (non-hydrogen) atoms. The zero-order valence-electron chi connectivity index (χ0n) is 10.9. The molecule has 0 saturated carbocycles. The third kappa shape index (κ3) is 2.91. The summed E-state index contributed by atoms with van der Waals surface area (Å²) in [6, 6.07) is 10.9. The number of carbonyl (C=O) groups is 2. The van der Waals surface area contributed by atoms with Crippen molar-refractivity contribution in [3.8, 4) is 0 Å². The third-order valence-electron chi connectivity index (χ3n) is 2.91. The minimum Gasteiger partial charge on any atom is -0.348 e. The molecule has 0 unspecified atom stereocenters. The Morgan fingerprint density at radius 3 is 2.58 bits per heavy atom. The molecule has 2 rings (SSSR count). The van der Waals surface area contributed by atoms with Crippen molar-refractivity contribution in [3.63, 3.8) is 0 Å². The molecule has 0 aliphatic rings. The number of amides is 1. The molecule has 0 bridgehead atoms. The van der Waals surface area contributed by atoms with Gasteiger partial charge in [0.1, 0.15) is 5.69 Å². The fraction of sp³-hybridized carbons (Fsp3) is 0.200. The van der Waals surface area contributed by atoms with Crippen LogP contribution >= 0.6 is 0 Å². The van der Waals surface area contributed by atoms with E-state index in [-0.39, 0.29) is 5.91 Å². The molecule has 0 spiro atoms. The van der Waals surface area contributed by atoms with E-state index in [2.05, 4.69) is 24.1 Å². The van der Waals surface area contributed by atoms with E-state index in [4.69, 9.17) is 0 Å². The second kappa shape index (κ2) is 5.52. The maximum atomic E-state index is 12.1. The Kier molecular flexibility index (Phi) is 3.80. The van der Waals surface area contributed by atoms with Crippen LogP contribution in [0.1, 0.15) is 46.3 Å². The highest BCUT2D eigenvalue weighted by molar-refractivity contribution is 6.04. The van der Waals surface area contributed by atoms with Gasteiger partial charge in [-0.05, 0) is 29.7 Å². The van der Waals surface area contributed by atoms with Crippen LogP contribution in [0.3, 0.4) is 0 Å². The van der Waals surface area contributed by atoms with E-state index in [0.29, 0.717) is 23.6 Å². The number of aldehydes is 1. The summed E-state index contributed by atoms with van der Waals surface area (Å²) in [5.41, 5.74) is 2.64. The summed E-state index contributed by atoms with van der Waals surface area (Å²) in [6.07, 6.45) is 0.679. The lowest BCUT2D eigenvalue weighted by molar-refractivity contribution is 0.102. The summed E-state index contributed by atoms with van der Waals surface area (Å²) in [4.78, 5) is 25.4. The molecular weight excluding hydrogens is 240 g/mol. The van der Waals surface area contributed by atoms with Crippen LogP contribution in [0.2, 0.25) is 0 Å². The minimum atomic E-state index is -0.249.